The van der Waals surface area contributed by atoms with E-state index in [0.717, 1.165) is 13.0 Å². The molecule has 1 aliphatic rings. The maximum absolute atomic E-state index is 10.7. The SMILES string of the molecule is C=CCOCC=C.C=CN1CCCC1=O. The van der Waals surface area contributed by atoms with Crippen molar-refractivity contribution in [1.82, 2.24) is 4.90 Å². The highest BCUT2D eigenvalue weighted by Gasteiger charge is 2.15. The van der Waals surface area contributed by atoms with Crippen molar-refractivity contribution in [2.75, 3.05) is 19.8 Å². The van der Waals surface area contributed by atoms with Gasteiger partial charge in [0.1, 0.15) is 0 Å². The molecule has 1 aliphatic heterocycles. The van der Waals surface area contributed by atoms with Gasteiger partial charge in [-0.05, 0) is 12.6 Å². The van der Waals surface area contributed by atoms with E-state index in [1.54, 1.807) is 23.3 Å². The van der Waals surface area contributed by atoms with Crippen molar-refractivity contribution in [3.63, 3.8) is 0 Å². The fourth-order valence-corrected chi connectivity index (χ4v) is 1.10. The summed E-state index contributed by atoms with van der Waals surface area (Å²) in [6.07, 6.45) is 6.71. The second-order valence-corrected chi connectivity index (χ2v) is 2.99. The van der Waals surface area contributed by atoms with Gasteiger partial charge in [-0.15, -0.1) is 13.2 Å². The lowest BCUT2D eigenvalue weighted by Gasteiger charge is -2.05. The number of ether oxygens (including phenoxy) is 1. The van der Waals surface area contributed by atoms with E-state index >= 15 is 0 Å². The van der Waals surface area contributed by atoms with Gasteiger partial charge in [0.05, 0.1) is 13.2 Å². The Kier molecular flexibility index (Phi) is 8.39. The summed E-state index contributed by atoms with van der Waals surface area (Å²) in [5.41, 5.74) is 0. The van der Waals surface area contributed by atoms with E-state index in [2.05, 4.69) is 19.7 Å². The van der Waals surface area contributed by atoms with Crippen LogP contribution in [0.1, 0.15) is 12.8 Å². The van der Waals surface area contributed by atoms with Crippen molar-refractivity contribution in [2.24, 2.45) is 0 Å². The van der Waals surface area contributed by atoms with E-state index < -0.39 is 0 Å². The molecular weight excluding hydrogens is 190 g/mol. The minimum atomic E-state index is 0.208. The topological polar surface area (TPSA) is 29.5 Å². The first-order chi connectivity index (χ1) is 7.26. The monoisotopic (exact) mass is 209 g/mol. The van der Waals surface area contributed by atoms with E-state index in [1.807, 2.05) is 0 Å². The summed E-state index contributed by atoms with van der Waals surface area (Å²) < 4.78 is 4.90. The molecule has 15 heavy (non-hydrogen) atoms. The van der Waals surface area contributed by atoms with Crippen LogP contribution in [0.5, 0.6) is 0 Å². The number of rotatable bonds is 5. The van der Waals surface area contributed by atoms with Crippen LogP contribution in [0.2, 0.25) is 0 Å². The average Bonchev–Trinajstić information content (AvgIpc) is 2.66. The number of nitrogens with zero attached hydrogens (tertiary/aromatic N) is 1. The van der Waals surface area contributed by atoms with E-state index in [1.165, 1.54) is 0 Å². The molecule has 0 N–H and O–H groups in total. The van der Waals surface area contributed by atoms with Gasteiger partial charge in [-0.3, -0.25) is 4.79 Å². The molecule has 3 heteroatoms. The van der Waals surface area contributed by atoms with Crippen LogP contribution in [0, 0.1) is 0 Å². The van der Waals surface area contributed by atoms with E-state index in [-0.39, 0.29) is 5.91 Å². The Balaban J connectivity index is 0.000000265. The summed E-state index contributed by atoms with van der Waals surface area (Å²) in [5.74, 6) is 0.208. The van der Waals surface area contributed by atoms with Crippen LogP contribution in [-0.4, -0.2) is 30.6 Å². The predicted octanol–water partition coefficient (Wildman–Crippen LogP) is 2.13. The Bertz CT molecular complexity index is 216. The quantitative estimate of drug-likeness (QED) is 0.513. The molecule has 1 fully saturated rings. The van der Waals surface area contributed by atoms with Crippen molar-refractivity contribution in [3.05, 3.63) is 38.1 Å². The number of hydrogen-bond donors (Lipinski definition) is 0. The molecule has 3 nitrogen and oxygen atoms in total. The largest absolute Gasteiger partial charge is 0.373 e. The number of amides is 1. The molecule has 0 bridgehead atoms. The fraction of sp³-hybridized carbons (Fsp3) is 0.417. The Labute approximate surface area is 91.7 Å². The molecule has 0 unspecified atom stereocenters. The zero-order valence-corrected chi connectivity index (χ0v) is 9.15. The fourth-order valence-electron chi connectivity index (χ4n) is 1.10. The summed E-state index contributed by atoms with van der Waals surface area (Å²) in [6, 6.07) is 0. The lowest BCUT2D eigenvalue weighted by Crippen LogP contribution is -2.16. The van der Waals surface area contributed by atoms with E-state index in [9.17, 15) is 4.79 Å². The normalized spacial score (nSPS) is 14.1. The van der Waals surface area contributed by atoms with Gasteiger partial charge >= 0.3 is 0 Å². The van der Waals surface area contributed by atoms with Crippen LogP contribution in [0.4, 0.5) is 0 Å². The maximum atomic E-state index is 10.7. The minimum Gasteiger partial charge on any atom is -0.373 e. The summed E-state index contributed by atoms with van der Waals surface area (Å²) in [5, 5.41) is 0. The summed E-state index contributed by atoms with van der Waals surface area (Å²) >= 11 is 0. The lowest BCUT2D eigenvalue weighted by molar-refractivity contribution is -0.125. The molecule has 1 amide bonds. The molecule has 84 valence electrons. The molecule has 0 spiro atoms. The highest BCUT2D eigenvalue weighted by Crippen LogP contribution is 2.08. The second-order valence-electron chi connectivity index (χ2n) is 2.99. The van der Waals surface area contributed by atoms with Crippen LogP contribution in [-0.2, 0) is 9.53 Å². The summed E-state index contributed by atoms with van der Waals surface area (Å²) in [4.78, 5) is 12.3. The van der Waals surface area contributed by atoms with Gasteiger partial charge in [-0.1, -0.05) is 18.7 Å². The minimum absolute atomic E-state index is 0.208. The number of carbonyl (C=O) groups is 1. The Morgan fingerprint density at radius 2 is 1.87 bits per heavy atom. The molecule has 0 aromatic heterocycles. The first kappa shape index (κ1) is 13.7. The highest BCUT2D eigenvalue weighted by atomic mass is 16.5. The molecule has 0 atom stereocenters. The Hall–Kier alpha value is -1.35. The van der Waals surface area contributed by atoms with Crippen molar-refractivity contribution in [2.45, 2.75) is 12.8 Å². The molecule has 0 radical (unpaired) electrons. The zero-order valence-electron chi connectivity index (χ0n) is 9.15. The van der Waals surface area contributed by atoms with Gasteiger partial charge in [0.15, 0.2) is 0 Å². The van der Waals surface area contributed by atoms with Gasteiger partial charge in [0.2, 0.25) is 5.91 Å². The van der Waals surface area contributed by atoms with Crippen LogP contribution in [0.25, 0.3) is 0 Å². The van der Waals surface area contributed by atoms with Gasteiger partial charge in [0, 0.05) is 13.0 Å². The first-order valence-corrected chi connectivity index (χ1v) is 4.97. The molecule has 0 aliphatic carbocycles. The van der Waals surface area contributed by atoms with Crippen molar-refractivity contribution in [1.29, 1.82) is 0 Å². The van der Waals surface area contributed by atoms with Gasteiger partial charge in [-0.25, -0.2) is 0 Å². The second kappa shape index (κ2) is 9.21. The highest BCUT2D eigenvalue weighted by molar-refractivity contribution is 5.78. The van der Waals surface area contributed by atoms with E-state index in [0.29, 0.717) is 19.6 Å². The molecule has 1 saturated heterocycles. The van der Waals surface area contributed by atoms with Gasteiger partial charge in [0.25, 0.3) is 0 Å². The number of hydrogen-bond acceptors (Lipinski definition) is 2. The third-order valence-corrected chi connectivity index (χ3v) is 1.80. The molecule has 0 aromatic carbocycles. The Morgan fingerprint density at radius 1 is 1.27 bits per heavy atom. The molecular formula is C12H19NO2. The first-order valence-electron chi connectivity index (χ1n) is 4.97. The molecule has 0 aromatic rings. The van der Waals surface area contributed by atoms with Crippen LogP contribution >= 0.6 is 0 Å². The lowest BCUT2D eigenvalue weighted by atomic mass is 10.4. The molecule has 1 heterocycles. The Morgan fingerprint density at radius 3 is 2.13 bits per heavy atom. The standard InChI is InChI=1S/C6H9NO.C6H10O/c1-2-7-5-3-4-6(7)8;1-3-5-7-6-4-2/h2H,1,3-5H2;3-4H,1-2,5-6H2. The van der Waals surface area contributed by atoms with Gasteiger partial charge < -0.3 is 9.64 Å². The van der Waals surface area contributed by atoms with E-state index in [4.69, 9.17) is 4.74 Å². The summed E-state index contributed by atoms with van der Waals surface area (Å²) in [6.45, 7) is 12.5. The zero-order chi connectivity index (χ0) is 11.5. The smallest absolute Gasteiger partial charge is 0.226 e. The maximum Gasteiger partial charge on any atom is 0.226 e. The average molecular weight is 209 g/mol. The number of carbonyl (C=O) groups excluding carboxylic acids is 1. The van der Waals surface area contributed by atoms with Crippen molar-refractivity contribution in [3.8, 4) is 0 Å². The molecule has 0 saturated carbocycles. The van der Waals surface area contributed by atoms with Gasteiger partial charge in [-0.2, -0.15) is 0 Å². The molecule has 1 rings (SSSR count). The van der Waals surface area contributed by atoms with Crippen molar-refractivity contribution < 1.29 is 9.53 Å². The third kappa shape index (κ3) is 6.69. The van der Waals surface area contributed by atoms with Crippen LogP contribution in [0.15, 0.2) is 38.1 Å². The predicted molar refractivity (Wildman–Crippen MR) is 62.4 cm³/mol. The van der Waals surface area contributed by atoms with Crippen LogP contribution < -0.4 is 0 Å². The number of likely N-dealkylation sites (tertiary alicyclic amines) is 1. The van der Waals surface area contributed by atoms with Crippen LogP contribution in [0.3, 0.4) is 0 Å². The van der Waals surface area contributed by atoms with Crippen molar-refractivity contribution >= 4 is 5.91 Å². The third-order valence-electron chi connectivity index (χ3n) is 1.80. The summed E-state index contributed by atoms with van der Waals surface area (Å²) in [7, 11) is 0.